The van der Waals surface area contributed by atoms with Gasteiger partial charge in [-0.1, -0.05) is 19.3 Å². The van der Waals surface area contributed by atoms with Gasteiger partial charge in [0.1, 0.15) is 5.69 Å². The number of alkyl halides is 3. The molecule has 0 aliphatic heterocycles. The molecule has 3 N–H and O–H groups in total. The zero-order valence-electron chi connectivity index (χ0n) is 11.5. The molecule has 116 valence electrons. The zero-order chi connectivity index (χ0) is 15.5. The standard InChI is InChI=1S/C14H18F3N3O/c15-14(16,17)12-7-6-9(8-19-12)20-13(21)10-4-2-1-3-5-11(10)18/h6-8,10-11H,1-5,18H2,(H,20,21). The van der Waals surface area contributed by atoms with Crippen molar-refractivity contribution in [2.75, 3.05) is 5.32 Å². The summed E-state index contributed by atoms with van der Waals surface area (Å²) in [6, 6.07) is 1.85. The molecule has 1 aromatic rings. The van der Waals surface area contributed by atoms with E-state index >= 15 is 0 Å². The Bertz CT molecular complexity index is 487. The number of nitrogens with one attached hydrogen (secondary N) is 1. The molecule has 2 unspecified atom stereocenters. The minimum absolute atomic E-state index is 0.199. The molecule has 1 aromatic heterocycles. The molecule has 2 rings (SSSR count). The van der Waals surface area contributed by atoms with Crippen LogP contribution < -0.4 is 11.1 Å². The van der Waals surface area contributed by atoms with Crippen molar-refractivity contribution in [1.29, 1.82) is 0 Å². The third-order valence-electron chi connectivity index (χ3n) is 3.73. The predicted molar refractivity (Wildman–Crippen MR) is 72.4 cm³/mol. The first kappa shape index (κ1) is 15.8. The predicted octanol–water partition coefficient (Wildman–Crippen LogP) is 2.95. The largest absolute Gasteiger partial charge is 0.433 e. The van der Waals surface area contributed by atoms with Crippen molar-refractivity contribution < 1.29 is 18.0 Å². The first-order valence-electron chi connectivity index (χ1n) is 6.97. The topological polar surface area (TPSA) is 68.0 Å². The number of hydrogen-bond donors (Lipinski definition) is 2. The van der Waals surface area contributed by atoms with E-state index in [1.165, 1.54) is 6.07 Å². The molecule has 0 aromatic carbocycles. The quantitative estimate of drug-likeness (QED) is 0.825. The SMILES string of the molecule is NC1CCCCCC1C(=O)Nc1ccc(C(F)(F)F)nc1. The maximum absolute atomic E-state index is 12.4. The highest BCUT2D eigenvalue weighted by Crippen LogP contribution is 2.28. The second kappa shape index (κ2) is 6.43. The Morgan fingerprint density at radius 2 is 1.95 bits per heavy atom. The van der Waals surface area contributed by atoms with E-state index in [1.807, 2.05) is 0 Å². The molecule has 0 bridgehead atoms. The minimum atomic E-state index is -4.48. The van der Waals surface area contributed by atoms with E-state index in [9.17, 15) is 18.0 Å². The first-order valence-corrected chi connectivity index (χ1v) is 6.97. The summed E-state index contributed by atoms with van der Waals surface area (Å²) in [5, 5.41) is 2.60. The summed E-state index contributed by atoms with van der Waals surface area (Å²) in [6.45, 7) is 0. The Morgan fingerprint density at radius 1 is 1.24 bits per heavy atom. The van der Waals surface area contributed by atoms with Crippen LogP contribution in [0.4, 0.5) is 18.9 Å². The van der Waals surface area contributed by atoms with Crippen molar-refractivity contribution in [3.05, 3.63) is 24.0 Å². The first-order chi connectivity index (χ1) is 9.88. The van der Waals surface area contributed by atoms with E-state index in [1.54, 1.807) is 0 Å². The minimum Gasteiger partial charge on any atom is -0.327 e. The van der Waals surface area contributed by atoms with E-state index in [0.29, 0.717) is 6.42 Å². The van der Waals surface area contributed by atoms with Gasteiger partial charge in [0.15, 0.2) is 0 Å². The Hall–Kier alpha value is -1.63. The highest BCUT2D eigenvalue weighted by Gasteiger charge is 2.32. The van der Waals surface area contributed by atoms with Gasteiger partial charge in [0.25, 0.3) is 0 Å². The van der Waals surface area contributed by atoms with Crippen molar-refractivity contribution in [3.8, 4) is 0 Å². The Balaban J connectivity index is 2.02. The molecule has 4 nitrogen and oxygen atoms in total. The summed E-state index contributed by atoms with van der Waals surface area (Å²) in [7, 11) is 0. The molecule has 1 saturated carbocycles. The van der Waals surface area contributed by atoms with Crippen LogP contribution in [0.1, 0.15) is 37.8 Å². The average Bonchev–Trinajstić information content (AvgIpc) is 2.63. The molecule has 1 fully saturated rings. The van der Waals surface area contributed by atoms with Gasteiger partial charge in [0.2, 0.25) is 5.91 Å². The summed E-state index contributed by atoms with van der Waals surface area (Å²) in [5.74, 6) is -0.541. The van der Waals surface area contributed by atoms with E-state index in [-0.39, 0.29) is 23.6 Å². The van der Waals surface area contributed by atoms with Crippen molar-refractivity contribution >= 4 is 11.6 Å². The van der Waals surface area contributed by atoms with Gasteiger partial charge >= 0.3 is 6.18 Å². The van der Waals surface area contributed by atoms with Gasteiger partial charge in [-0.3, -0.25) is 4.79 Å². The Labute approximate surface area is 120 Å². The lowest BCUT2D eigenvalue weighted by molar-refractivity contribution is -0.141. The van der Waals surface area contributed by atoms with Crippen molar-refractivity contribution in [1.82, 2.24) is 4.98 Å². The monoisotopic (exact) mass is 301 g/mol. The second-order valence-electron chi connectivity index (χ2n) is 5.33. The number of amides is 1. The summed E-state index contributed by atoms with van der Waals surface area (Å²) in [4.78, 5) is 15.5. The maximum Gasteiger partial charge on any atom is 0.433 e. The molecular formula is C14H18F3N3O. The summed E-state index contributed by atoms with van der Waals surface area (Å²) in [6.07, 6.45) is 1.04. The Kier molecular flexibility index (Phi) is 4.82. The number of halogens is 3. The van der Waals surface area contributed by atoms with E-state index in [0.717, 1.165) is 37.9 Å². The van der Waals surface area contributed by atoms with Crippen molar-refractivity contribution in [3.63, 3.8) is 0 Å². The van der Waals surface area contributed by atoms with Crippen LogP contribution in [0.2, 0.25) is 0 Å². The van der Waals surface area contributed by atoms with Crippen LogP contribution in [-0.2, 0) is 11.0 Å². The number of carbonyl (C=O) groups is 1. The maximum atomic E-state index is 12.4. The summed E-state index contributed by atoms with van der Waals surface area (Å²) < 4.78 is 37.2. The van der Waals surface area contributed by atoms with Crippen LogP contribution in [-0.4, -0.2) is 16.9 Å². The molecule has 0 saturated heterocycles. The molecule has 21 heavy (non-hydrogen) atoms. The number of rotatable bonds is 2. The molecule has 0 radical (unpaired) electrons. The van der Waals surface area contributed by atoms with E-state index in [2.05, 4.69) is 10.3 Å². The molecule has 7 heteroatoms. The van der Waals surface area contributed by atoms with E-state index < -0.39 is 11.9 Å². The third kappa shape index (κ3) is 4.17. The number of nitrogens with zero attached hydrogens (tertiary/aromatic N) is 1. The van der Waals surface area contributed by atoms with Crippen LogP contribution in [0.25, 0.3) is 0 Å². The van der Waals surface area contributed by atoms with Crippen LogP contribution in [0, 0.1) is 5.92 Å². The van der Waals surface area contributed by atoms with Gasteiger partial charge in [-0.2, -0.15) is 13.2 Å². The van der Waals surface area contributed by atoms with E-state index in [4.69, 9.17) is 5.73 Å². The van der Waals surface area contributed by atoms with Crippen molar-refractivity contribution in [2.24, 2.45) is 11.7 Å². The van der Waals surface area contributed by atoms with Crippen LogP contribution in [0.5, 0.6) is 0 Å². The molecule has 1 heterocycles. The summed E-state index contributed by atoms with van der Waals surface area (Å²) >= 11 is 0. The number of hydrogen-bond acceptors (Lipinski definition) is 3. The molecule has 0 spiro atoms. The molecule has 2 atom stereocenters. The smallest absolute Gasteiger partial charge is 0.327 e. The van der Waals surface area contributed by atoms with Gasteiger partial charge in [-0.25, -0.2) is 4.98 Å². The van der Waals surface area contributed by atoms with Crippen LogP contribution in [0.15, 0.2) is 18.3 Å². The van der Waals surface area contributed by atoms with Gasteiger partial charge in [-0.05, 0) is 25.0 Å². The number of anilines is 1. The number of pyridine rings is 1. The number of aromatic nitrogens is 1. The molecule has 1 aliphatic carbocycles. The van der Waals surface area contributed by atoms with Gasteiger partial charge in [-0.15, -0.1) is 0 Å². The second-order valence-corrected chi connectivity index (χ2v) is 5.33. The fraction of sp³-hybridized carbons (Fsp3) is 0.571. The van der Waals surface area contributed by atoms with Crippen LogP contribution in [0.3, 0.4) is 0 Å². The molecule has 1 aliphatic rings. The lowest BCUT2D eigenvalue weighted by Crippen LogP contribution is -2.37. The fourth-order valence-corrected chi connectivity index (χ4v) is 2.53. The fourth-order valence-electron chi connectivity index (χ4n) is 2.53. The molecular weight excluding hydrogens is 283 g/mol. The lowest BCUT2D eigenvalue weighted by Gasteiger charge is -2.20. The third-order valence-corrected chi connectivity index (χ3v) is 3.73. The average molecular weight is 301 g/mol. The van der Waals surface area contributed by atoms with Gasteiger partial charge in [0, 0.05) is 6.04 Å². The highest BCUT2D eigenvalue weighted by atomic mass is 19.4. The Morgan fingerprint density at radius 3 is 2.57 bits per heavy atom. The number of carbonyl (C=O) groups excluding carboxylic acids is 1. The van der Waals surface area contributed by atoms with Gasteiger partial charge < -0.3 is 11.1 Å². The van der Waals surface area contributed by atoms with Crippen molar-refractivity contribution in [2.45, 2.75) is 44.3 Å². The normalized spacial score (nSPS) is 23.4. The molecule has 1 amide bonds. The lowest BCUT2D eigenvalue weighted by atomic mass is 9.94. The zero-order valence-corrected chi connectivity index (χ0v) is 11.5. The number of nitrogens with two attached hydrogens (primary N) is 1. The summed E-state index contributed by atoms with van der Waals surface area (Å²) in [5.41, 5.74) is 5.26. The van der Waals surface area contributed by atoms with Crippen LogP contribution >= 0.6 is 0 Å². The van der Waals surface area contributed by atoms with Gasteiger partial charge in [0.05, 0.1) is 17.8 Å². The highest BCUT2D eigenvalue weighted by molar-refractivity contribution is 5.92.